The summed E-state index contributed by atoms with van der Waals surface area (Å²) >= 11 is 5.74. The molecule has 0 saturated heterocycles. The Balaban J connectivity index is 2.05. The van der Waals surface area contributed by atoms with Crippen LogP contribution < -0.4 is 14.8 Å². The molecule has 0 aliphatic rings. The number of halogens is 2. The molecule has 0 saturated carbocycles. The minimum Gasteiger partial charge on any atom is -0.497 e. The van der Waals surface area contributed by atoms with Gasteiger partial charge in [-0.05, 0) is 38.2 Å². The summed E-state index contributed by atoms with van der Waals surface area (Å²) in [5.74, 6) is 0.644. The van der Waals surface area contributed by atoms with E-state index in [9.17, 15) is 9.18 Å². The standard InChI is InChI=1S/C19H22ClFN2O3/c1-12(19(24)22-14-6-8-17(21)16(20)9-14)23(2)11-13-5-7-15(25-3)10-18(13)26-4/h5-10,12H,11H2,1-4H3,(H,22,24). The minimum atomic E-state index is -0.526. The predicted octanol–water partition coefficient (Wildman–Crippen LogP) is 3.96. The van der Waals surface area contributed by atoms with Gasteiger partial charge in [-0.2, -0.15) is 0 Å². The zero-order valence-electron chi connectivity index (χ0n) is 15.2. The molecule has 0 aliphatic carbocycles. The predicted molar refractivity (Wildman–Crippen MR) is 101 cm³/mol. The van der Waals surface area contributed by atoms with Crippen molar-refractivity contribution in [2.45, 2.75) is 19.5 Å². The smallest absolute Gasteiger partial charge is 0.241 e. The van der Waals surface area contributed by atoms with Crippen LogP contribution in [0.5, 0.6) is 11.5 Å². The molecule has 0 radical (unpaired) electrons. The normalized spacial score (nSPS) is 12.0. The number of hydrogen-bond acceptors (Lipinski definition) is 4. The van der Waals surface area contributed by atoms with Crippen molar-refractivity contribution >= 4 is 23.2 Å². The van der Waals surface area contributed by atoms with E-state index in [1.807, 2.05) is 24.1 Å². The van der Waals surface area contributed by atoms with Crippen molar-refractivity contribution in [1.82, 2.24) is 4.90 Å². The number of likely N-dealkylation sites (N-methyl/N-ethyl adjacent to an activating group) is 1. The molecule has 1 amide bonds. The molecule has 140 valence electrons. The molecule has 26 heavy (non-hydrogen) atoms. The Hall–Kier alpha value is -2.31. The maximum Gasteiger partial charge on any atom is 0.241 e. The van der Waals surface area contributed by atoms with Gasteiger partial charge in [-0.1, -0.05) is 17.7 Å². The Labute approximate surface area is 157 Å². The average molecular weight is 381 g/mol. The van der Waals surface area contributed by atoms with E-state index in [0.717, 1.165) is 5.56 Å². The van der Waals surface area contributed by atoms with Crippen molar-refractivity contribution in [3.63, 3.8) is 0 Å². The highest BCUT2D eigenvalue weighted by Gasteiger charge is 2.20. The molecule has 2 aromatic rings. The average Bonchev–Trinajstić information content (AvgIpc) is 2.64. The Bertz CT molecular complexity index is 785. The molecular weight excluding hydrogens is 359 g/mol. The Kier molecular flexibility index (Phi) is 6.83. The molecule has 7 heteroatoms. The number of ether oxygens (including phenoxy) is 2. The number of nitrogens with one attached hydrogen (secondary N) is 1. The summed E-state index contributed by atoms with van der Waals surface area (Å²) in [5.41, 5.74) is 1.38. The molecule has 0 aliphatic heterocycles. The second-order valence-electron chi connectivity index (χ2n) is 5.89. The van der Waals surface area contributed by atoms with Gasteiger partial charge in [0, 0.05) is 23.9 Å². The van der Waals surface area contributed by atoms with E-state index < -0.39 is 11.9 Å². The van der Waals surface area contributed by atoms with E-state index in [-0.39, 0.29) is 10.9 Å². The minimum absolute atomic E-state index is 0.0354. The van der Waals surface area contributed by atoms with Gasteiger partial charge in [0.15, 0.2) is 0 Å². The third kappa shape index (κ3) is 4.86. The molecule has 0 heterocycles. The third-order valence-electron chi connectivity index (χ3n) is 4.14. The van der Waals surface area contributed by atoms with Crippen molar-refractivity contribution < 1.29 is 18.7 Å². The topological polar surface area (TPSA) is 50.8 Å². The van der Waals surface area contributed by atoms with Crippen LogP contribution in [0.25, 0.3) is 0 Å². The van der Waals surface area contributed by atoms with Crippen molar-refractivity contribution in [2.75, 3.05) is 26.6 Å². The number of hydrogen-bond donors (Lipinski definition) is 1. The monoisotopic (exact) mass is 380 g/mol. The molecule has 5 nitrogen and oxygen atoms in total. The Morgan fingerprint density at radius 2 is 1.96 bits per heavy atom. The summed E-state index contributed by atoms with van der Waals surface area (Å²) in [6.45, 7) is 2.29. The number of nitrogens with zero attached hydrogens (tertiary/aromatic N) is 1. The van der Waals surface area contributed by atoms with Crippen LogP contribution in [0.2, 0.25) is 5.02 Å². The lowest BCUT2D eigenvalue weighted by Gasteiger charge is -2.25. The summed E-state index contributed by atoms with van der Waals surface area (Å²) in [7, 11) is 5.02. The van der Waals surface area contributed by atoms with Crippen molar-refractivity contribution in [3.05, 3.63) is 52.8 Å². The SMILES string of the molecule is COc1ccc(CN(C)C(C)C(=O)Nc2ccc(F)c(Cl)c2)c(OC)c1. The van der Waals surface area contributed by atoms with E-state index in [1.165, 1.54) is 18.2 Å². The quantitative estimate of drug-likeness (QED) is 0.790. The van der Waals surface area contributed by atoms with Gasteiger partial charge in [0.25, 0.3) is 0 Å². The van der Waals surface area contributed by atoms with Gasteiger partial charge in [0.2, 0.25) is 5.91 Å². The van der Waals surface area contributed by atoms with E-state index in [4.69, 9.17) is 21.1 Å². The number of benzene rings is 2. The van der Waals surface area contributed by atoms with Gasteiger partial charge in [0.05, 0.1) is 25.3 Å². The summed E-state index contributed by atoms with van der Waals surface area (Å²) < 4.78 is 23.8. The highest BCUT2D eigenvalue weighted by atomic mass is 35.5. The highest BCUT2D eigenvalue weighted by Crippen LogP contribution is 2.26. The number of rotatable bonds is 7. The second-order valence-corrected chi connectivity index (χ2v) is 6.29. The molecule has 1 unspecified atom stereocenters. The largest absolute Gasteiger partial charge is 0.497 e. The van der Waals surface area contributed by atoms with E-state index in [0.29, 0.717) is 23.7 Å². The third-order valence-corrected chi connectivity index (χ3v) is 4.43. The molecule has 0 fully saturated rings. The number of carbonyl (C=O) groups excluding carboxylic acids is 1. The number of carbonyl (C=O) groups is 1. The lowest BCUT2D eigenvalue weighted by Crippen LogP contribution is -2.39. The van der Waals surface area contributed by atoms with Crippen LogP contribution in [0.15, 0.2) is 36.4 Å². The fourth-order valence-corrected chi connectivity index (χ4v) is 2.59. The van der Waals surface area contributed by atoms with Gasteiger partial charge in [-0.15, -0.1) is 0 Å². The maximum atomic E-state index is 13.2. The van der Waals surface area contributed by atoms with Gasteiger partial charge < -0.3 is 14.8 Å². The molecule has 2 aromatic carbocycles. The molecule has 0 spiro atoms. The van der Waals surface area contributed by atoms with Gasteiger partial charge in [0.1, 0.15) is 17.3 Å². The number of anilines is 1. The molecule has 0 aromatic heterocycles. The molecular formula is C19H22ClFN2O3. The van der Waals surface area contributed by atoms with Crippen LogP contribution >= 0.6 is 11.6 Å². The summed E-state index contributed by atoms with van der Waals surface area (Å²) in [4.78, 5) is 14.3. The summed E-state index contributed by atoms with van der Waals surface area (Å²) in [6, 6.07) is 9.19. The van der Waals surface area contributed by atoms with Crippen LogP contribution in [0, 0.1) is 5.82 Å². The summed E-state index contributed by atoms with van der Waals surface area (Å²) in [5, 5.41) is 2.70. The van der Waals surface area contributed by atoms with E-state index in [1.54, 1.807) is 27.2 Å². The first-order valence-corrected chi connectivity index (χ1v) is 8.40. The van der Waals surface area contributed by atoms with Crippen molar-refractivity contribution in [3.8, 4) is 11.5 Å². The fourth-order valence-electron chi connectivity index (χ4n) is 2.41. The van der Waals surface area contributed by atoms with Gasteiger partial charge >= 0.3 is 0 Å². The van der Waals surface area contributed by atoms with Crippen LogP contribution in [0.3, 0.4) is 0 Å². The first-order valence-electron chi connectivity index (χ1n) is 8.02. The van der Waals surface area contributed by atoms with E-state index >= 15 is 0 Å². The highest BCUT2D eigenvalue weighted by molar-refractivity contribution is 6.31. The maximum absolute atomic E-state index is 13.2. The lowest BCUT2D eigenvalue weighted by atomic mass is 10.1. The number of methoxy groups -OCH3 is 2. The Morgan fingerprint density at radius 1 is 1.23 bits per heavy atom. The molecule has 0 bridgehead atoms. The van der Waals surface area contributed by atoms with Crippen molar-refractivity contribution in [2.24, 2.45) is 0 Å². The first-order chi connectivity index (χ1) is 12.3. The fraction of sp³-hybridized carbons (Fsp3) is 0.316. The molecule has 1 N–H and O–H groups in total. The van der Waals surface area contributed by atoms with Gasteiger partial charge in [-0.3, -0.25) is 9.69 Å². The van der Waals surface area contributed by atoms with Crippen LogP contribution in [-0.4, -0.2) is 38.1 Å². The number of amides is 1. The Morgan fingerprint density at radius 3 is 2.58 bits per heavy atom. The van der Waals surface area contributed by atoms with Crippen molar-refractivity contribution in [1.29, 1.82) is 0 Å². The lowest BCUT2D eigenvalue weighted by molar-refractivity contribution is -0.120. The van der Waals surface area contributed by atoms with Crippen LogP contribution in [0.4, 0.5) is 10.1 Å². The molecule has 2 rings (SSSR count). The van der Waals surface area contributed by atoms with Gasteiger partial charge in [-0.25, -0.2) is 4.39 Å². The first kappa shape index (κ1) is 20.0. The van der Waals surface area contributed by atoms with Crippen LogP contribution in [0.1, 0.15) is 12.5 Å². The molecule has 1 atom stereocenters. The van der Waals surface area contributed by atoms with E-state index in [2.05, 4.69) is 5.32 Å². The zero-order valence-corrected chi connectivity index (χ0v) is 15.9. The van der Waals surface area contributed by atoms with Crippen LogP contribution in [-0.2, 0) is 11.3 Å². The summed E-state index contributed by atoms with van der Waals surface area (Å²) in [6.07, 6.45) is 0. The zero-order chi connectivity index (χ0) is 19.3. The second kappa shape index (κ2) is 8.87.